The van der Waals surface area contributed by atoms with Crippen LogP contribution in [0.3, 0.4) is 0 Å². The molecule has 0 amide bonds. The summed E-state index contributed by atoms with van der Waals surface area (Å²) in [4.78, 5) is 14.9. The van der Waals surface area contributed by atoms with E-state index in [1.165, 1.54) is 21.5 Å². The second-order valence-electron chi connectivity index (χ2n) is 13.5. The van der Waals surface area contributed by atoms with Crippen molar-refractivity contribution in [3.63, 3.8) is 0 Å². The van der Waals surface area contributed by atoms with E-state index in [1.807, 2.05) is 91.0 Å². The second kappa shape index (κ2) is 11.3. The van der Waals surface area contributed by atoms with Gasteiger partial charge in [0, 0.05) is 33.0 Å². The lowest BCUT2D eigenvalue weighted by Gasteiger charge is -2.22. The fraction of sp³-hybridized carbons (Fsp3) is 0. The molecule has 0 unspecified atom stereocenters. The third kappa shape index (κ3) is 4.60. The molecule has 0 atom stereocenters. The van der Waals surface area contributed by atoms with E-state index in [1.54, 1.807) is 0 Å². The highest BCUT2D eigenvalue weighted by Crippen LogP contribution is 2.48. The standard InChI is InChI=1S/C48H26N4O/c49-27-35-19-21-40-39-20-18-30(26-42(39)53-41-13-7-12-38(35)45(40)41)36-22-31-14-16-33-24-37(25-34-17-15-32(23-36)43(31)44(33)34)48-51-46(28-8-3-1-4-9-28)50-47(52-48)29-10-5-2-6-11-29/h1-26H. The number of nitriles is 1. The number of benzene rings is 9. The molecule has 2 heterocycles. The molecule has 10 aromatic rings. The van der Waals surface area contributed by atoms with Crippen LogP contribution in [0.25, 0.3) is 99.5 Å². The van der Waals surface area contributed by atoms with Gasteiger partial charge in [0.05, 0.1) is 11.6 Å². The molecule has 5 nitrogen and oxygen atoms in total. The monoisotopic (exact) mass is 674 g/mol. The van der Waals surface area contributed by atoms with Gasteiger partial charge in [-0.15, -0.1) is 0 Å². The molecule has 244 valence electrons. The number of hydrogen-bond acceptors (Lipinski definition) is 5. The predicted octanol–water partition coefficient (Wildman–Crippen LogP) is 12.2. The molecule has 0 saturated carbocycles. The van der Waals surface area contributed by atoms with Crippen molar-refractivity contribution in [3.8, 4) is 74.0 Å². The second-order valence-corrected chi connectivity index (χ2v) is 13.5. The van der Waals surface area contributed by atoms with E-state index in [0.717, 1.165) is 72.0 Å². The Morgan fingerprint density at radius 1 is 0.396 bits per heavy atom. The van der Waals surface area contributed by atoms with Crippen molar-refractivity contribution < 1.29 is 4.74 Å². The van der Waals surface area contributed by atoms with Crippen LogP contribution in [-0.2, 0) is 0 Å². The zero-order valence-electron chi connectivity index (χ0n) is 28.2. The van der Waals surface area contributed by atoms with Gasteiger partial charge in [0.15, 0.2) is 17.5 Å². The Labute approximate surface area is 304 Å². The number of hydrogen-bond donors (Lipinski definition) is 0. The van der Waals surface area contributed by atoms with E-state index >= 15 is 0 Å². The van der Waals surface area contributed by atoms with Gasteiger partial charge in [0.2, 0.25) is 0 Å². The Morgan fingerprint density at radius 3 is 1.53 bits per heavy atom. The van der Waals surface area contributed by atoms with Crippen molar-refractivity contribution in [1.29, 1.82) is 5.26 Å². The minimum Gasteiger partial charge on any atom is -0.456 e. The van der Waals surface area contributed by atoms with Crippen LogP contribution < -0.4 is 4.74 Å². The topological polar surface area (TPSA) is 71.7 Å². The van der Waals surface area contributed by atoms with E-state index in [4.69, 9.17) is 19.7 Å². The SMILES string of the molecule is N#Cc1ccc2c3c(cccc13)Oc1cc(-c3cc4ccc5cc(-c6nc(-c7ccccc7)nc(-c7ccccc7)n6)cc6ccc(c3)c4c56)ccc1-2. The van der Waals surface area contributed by atoms with Gasteiger partial charge in [0.1, 0.15) is 11.5 Å². The van der Waals surface area contributed by atoms with Crippen molar-refractivity contribution in [1.82, 2.24) is 15.0 Å². The lowest BCUT2D eigenvalue weighted by molar-refractivity contribution is 0.487. The van der Waals surface area contributed by atoms with E-state index < -0.39 is 0 Å². The van der Waals surface area contributed by atoms with E-state index in [0.29, 0.717) is 23.0 Å². The van der Waals surface area contributed by atoms with Crippen molar-refractivity contribution in [2.75, 3.05) is 0 Å². The first kappa shape index (κ1) is 29.3. The summed E-state index contributed by atoms with van der Waals surface area (Å²) in [5.74, 6) is 3.53. The van der Waals surface area contributed by atoms with Crippen molar-refractivity contribution in [2.45, 2.75) is 0 Å². The van der Waals surface area contributed by atoms with Crippen molar-refractivity contribution >= 4 is 43.1 Å². The molecule has 0 saturated heterocycles. The summed E-state index contributed by atoms with van der Waals surface area (Å²) in [6.07, 6.45) is 0. The summed E-state index contributed by atoms with van der Waals surface area (Å²) in [6.45, 7) is 0. The largest absolute Gasteiger partial charge is 0.456 e. The first-order chi connectivity index (χ1) is 26.2. The van der Waals surface area contributed by atoms with Crippen LogP contribution in [0.15, 0.2) is 158 Å². The zero-order valence-corrected chi connectivity index (χ0v) is 28.2. The summed E-state index contributed by atoms with van der Waals surface area (Å²) in [5.41, 5.74) is 7.82. The minimum absolute atomic E-state index is 0.643. The van der Waals surface area contributed by atoms with Gasteiger partial charge < -0.3 is 4.74 Å². The van der Waals surface area contributed by atoms with Crippen molar-refractivity contribution in [3.05, 3.63) is 163 Å². The Hall–Kier alpha value is -7.42. The molecule has 0 N–H and O–H groups in total. The predicted molar refractivity (Wildman–Crippen MR) is 213 cm³/mol. The van der Waals surface area contributed by atoms with E-state index in [2.05, 4.69) is 72.8 Å². The van der Waals surface area contributed by atoms with Crippen molar-refractivity contribution in [2.24, 2.45) is 0 Å². The highest BCUT2D eigenvalue weighted by atomic mass is 16.5. The Morgan fingerprint density at radius 2 is 0.943 bits per heavy atom. The van der Waals surface area contributed by atoms with E-state index in [-0.39, 0.29) is 0 Å². The molecule has 0 radical (unpaired) electrons. The maximum atomic E-state index is 9.69. The maximum absolute atomic E-state index is 9.69. The third-order valence-electron chi connectivity index (χ3n) is 10.4. The van der Waals surface area contributed by atoms with Gasteiger partial charge >= 0.3 is 0 Å². The number of ether oxygens (including phenoxy) is 1. The molecule has 0 aliphatic carbocycles. The summed E-state index contributed by atoms with van der Waals surface area (Å²) in [5, 5.41) is 18.7. The summed E-state index contributed by atoms with van der Waals surface area (Å²) in [6, 6.07) is 56.6. The number of nitrogens with zero attached hydrogens (tertiary/aromatic N) is 4. The molecular weight excluding hydrogens is 649 g/mol. The highest BCUT2D eigenvalue weighted by Gasteiger charge is 2.22. The third-order valence-corrected chi connectivity index (χ3v) is 10.4. The fourth-order valence-electron chi connectivity index (χ4n) is 7.98. The Balaban J connectivity index is 1.02. The van der Waals surface area contributed by atoms with Gasteiger partial charge in [-0.1, -0.05) is 109 Å². The molecule has 5 heteroatoms. The summed E-state index contributed by atoms with van der Waals surface area (Å²) < 4.78 is 6.50. The molecule has 0 fully saturated rings. The fourth-order valence-corrected chi connectivity index (χ4v) is 7.98. The minimum atomic E-state index is 0.643. The average molecular weight is 675 g/mol. The van der Waals surface area contributed by atoms with Gasteiger partial charge in [-0.25, -0.2) is 15.0 Å². The Kier molecular flexibility index (Phi) is 6.25. The molecule has 0 spiro atoms. The quantitative estimate of drug-likeness (QED) is 0.174. The molecule has 1 aromatic heterocycles. The van der Waals surface area contributed by atoms with Crippen LogP contribution >= 0.6 is 0 Å². The van der Waals surface area contributed by atoms with Crippen LogP contribution in [0.5, 0.6) is 11.5 Å². The molecule has 0 bridgehead atoms. The van der Waals surface area contributed by atoms with Crippen LogP contribution in [0.2, 0.25) is 0 Å². The molecule has 1 aliphatic rings. The molecular formula is C48H26N4O. The zero-order chi connectivity index (χ0) is 35.0. The normalized spacial score (nSPS) is 11.9. The van der Waals surface area contributed by atoms with Crippen LogP contribution in [0.4, 0.5) is 0 Å². The van der Waals surface area contributed by atoms with Crippen LogP contribution in [0, 0.1) is 11.3 Å². The van der Waals surface area contributed by atoms with Gasteiger partial charge in [-0.3, -0.25) is 0 Å². The first-order valence-corrected chi connectivity index (χ1v) is 17.6. The Bertz CT molecular complexity index is 3020. The van der Waals surface area contributed by atoms with E-state index in [9.17, 15) is 5.26 Å². The van der Waals surface area contributed by atoms with Gasteiger partial charge in [-0.2, -0.15) is 5.26 Å². The van der Waals surface area contributed by atoms with Gasteiger partial charge in [0.25, 0.3) is 0 Å². The summed E-state index contributed by atoms with van der Waals surface area (Å²) >= 11 is 0. The summed E-state index contributed by atoms with van der Waals surface area (Å²) in [7, 11) is 0. The lowest BCUT2D eigenvalue weighted by Crippen LogP contribution is -2.00. The number of rotatable bonds is 4. The lowest BCUT2D eigenvalue weighted by atomic mass is 9.89. The first-order valence-electron chi connectivity index (χ1n) is 17.6. The molecule has 11 rings (SSSR count). The van der Waals surface area contributed by atoms with Crippen LogP contribution in [0.1, 0.15) is 5.56 Å². The van der Waals surface area contributed by atoms with Gasteiger partial charge in [-0.05, 0) is 97.5 Å². The number of fused-ring (bicyclic) bond motifs is 2. The molecule has 53 heavy (non-hydrogen) atoms. The number of aromatic nitrogens is 3. The molecule has 1 aliphatic heterocycles. The smallest absolute Gasteiger partial charge is 0.164 e. The van der Waals surface area contributed by atoms with Crippen LogP contribution in [-0.4, -0.2) is 15.0 Å². The molecule has 9 aromatic carbocycles. The average Bonchev–Trinajstić information content (AvgIpc) is 3.23. The maximum Gasteiger partial charge on any atom is 0.164 e. The highest BCUT2D eigenvalue weighted by molar-refractivity contribution is 6.24.